The number of pyridine rings is 1. The Bertz CT molecular complexity index is 372. The van der Waals surface area contributed by atoms with Gasteiger partial charge in [-0.2, -0.15) is 0 Å². The van der Waals surface area contributed by atoms with Crippen LogP contribution in [0.2, 0.25) is 0 Å². The van der Waals surface area contributed by atoms with Gasteiger partial charge in [-0.05, 0) is 41.3 Å². The summed E-state index contributed by atoms with van der Waals surface area (Å²) in [6.45, 7) is 1.12. The zero-order valence-electron chi connectivity index (χ0n) is 9.06. The van der Waals surface area contributed by atoms with Gasteiger partial charge in [-0.3, -0.25) is 0 Å². The van der Waals surface area contributed by atoms with Crippen molar-refractivity contribution in [1.82, 2.24) is 4.98 Å². The number of aliphatic hydroxyl groups excluding tert-OH is 1. The SMILES string of the molecule is Nc1cnc(N2CCCCC2CO)c(Br)c1. The molecule has 0 amide bonds. The molecule has 5 heteroatoms. The number of nitrogens with two attached hydrogens (primary N) is 1. The molecule has 1 saturated heterocycles. The van der Waals surface area contributed by atoms with Crippen molar-refractivity contribution in [2.24, 2.45) is 0 Å². The van der Waals surface area contributed by atoms with E-state index in [0.717, 1.165) is 29.7 Å². The van der Waals surface area contributed by atoms with Crippen LogP contribution >= 0.6 is 15.9 Å². The van der Waals surface area contributed by atoms with Crippen LogP contribution in [0.5, 0.6) is 0 Å². The van der Waals surface area contributed by atoms with E-state index in [1.807, 2.05) is 6.07 Å². The maximum absolute atomic E-state index is 9.36. The standard InChI is InChI=1S/C11H16BrN3O/c12-10-5-8(13)6-14-11(10)15-4-2-1-3-9(15)7-16/h5-6,9,16H,1-4,7,13H2. The van der Waals surface area contributed by atoms with Crippen molar-refractivity contribution in [2.45, 2.75) is 25.3 Å². The zero-order valence-corrected chi connectivity index (χ0v) is 10.7. The third-order valence-electron chi connectivity index (χ3n) is 2.95. The molecule has 0 radical (unpaired) electrons. The zero-order chi connectivity index (χ0) is 11.5. The van der Waals surface area contributed by atoms with Crippen molar-refractivity contribution >= 4 is 27.4 Å². The van der Waals surface area contributed by atoms with Gasteiger partial charge in [0.1, 0.15) is 5.82 Å². The summed E-state index contributed by atoms with van der Waals surface area (Å²) in [7, 11) is 0. The molecule has 1 unspecified atom stereocenters. The van der Waals surface area contributed by atoms with Crippen LogP contribution in [0.1, 0.15) is 19.3 Å². The Balaban J connectivity index is 2.27. The molecule has 0 aliphatic carbocycles. The molecule has 0 bridgehead atoms. The Morgan fingerprint density at radius 2 is 2.38 bits per heavy atom. The minimum absolute atomic E-state index is 0.179. The summed E-state index contributed by atoms with van der Waals surface area (Å²) in [5.41, 5.74) is 6.31. The first kappa shape index (κ1) is 11.7. The van der Waals surface area contributed by atoms with Crippen LogP contribution in [-0.4, -0.2) is 29.3 Å². The van der Waals surface area contributed by atoms with E-state index in [4.69, 9.17) is 5.73 Å². The molecule has 2 heterocycles. The van der Waals surface area contributed by atoms with Crippen molar-refractivity contribution in [3.63, 3.8) is 0 Å². The summed E-state index contributed by atoms with van der Waals surface area (Å²) in [6.07, 6.45) is 5.00. The van der Waals surface area contributed by atoms with Crippen LogP contribution in [0.4, 0.5) is 11.5 Å². The molecule has 88 valence electrons. The summed E-state index contributed by atoms with van der Waals surface area (Å²) in [5.74, 6) is 0.882. The van der Waals surface area contributed by atoms with E-state index in [9.17, 15) is 5.11 Å². The lowest BCUT2D eigenvalue weighted by molar-refractivity contribution is 0.239. The highest BCUT2D eigenvalue weighted by atomic mass is 79.9. The maximum atomic E-state index is 9.36. The predicted molar refractivity (Wildman–Crippen MR) is 68.4 cm³/mol. The first-order valence-electron chi connectivity index (χ1n) is 5.51. The molecule has 0 spiro atoms. The number of hydrogen-bond donors (Lipinski definition) is 2. The number of rotatable bonds is 2. The maximum Gasteiger partial charge on any atom is 0.143 e. The number of hydrogen-bond acceptors (Lipinski definition) is 4. The largest absolute Gasteiger partial charge is 0.397 e. The van der Waals surface area contributed by atoms with Gasteiger partial charge in [-0.1, -0.05) is 0 Å². The molecular formula is C11H16BrN3O. The molecule has 2 rings (SSSR count). The van der Waals surface area contributed by atoms with E-state index >= 15 is 0 Å². The number of aliphatic hydroxyl groups is 1. The molecule has 1 aliphatic rings. The Kier molecular flexibility index (Phi) is 3.66. The van der Waals surface area contributed by atoms with Crippen molar-refractivity contribution in [2.75, 3.05) is 23.8 Å². The molecule has 1 aliphatic heterocycles. The fraction of sp³-hybridized carbons (Fsp3) is 0.545. The van der Waals surface area contributed by atoms with Gasteiger partial charge < -0.3 is 15.7 Å². The second-order valence-electron chi connectivity index (χ2n) is 4.10. The molecule has 4 nitrogen and oxygen atoms in total. The van der Waals surface area contributed by atoms with E-state index in [-0.39, 0.29) is 12.6 Å². The van der Waals surface area contributed by atoms with Gasteiger partial charge in [0.15, 0.2) is 0 Å². The molecule has 1 aromatic heterocycles. The molecule has 0 saturated carbocycles. The first-order valence-corrected chi connectivity index (χ1v) is 6.30. The van der Waals surface area contributed by atoms with Crippen molar-refractivity contribution in [3.8, 4) is 0 Å². The van der Waals surface area contributed by atoms with Crippen LogP contribution < -0.4 is 10.6 Å². The Morgan fingerprint density at radius 1 is 1.56 bits per heavy atom. The van der Waals surface area contributed by atoms with Gasteiger partial charge >= 0.3 is 0 Å². The lowest BCUT2D eigenvalue weighted by Gasteiger charge is -2.36. The first-order chi connectivity index (χ1) is 7.72. The third-order valence-corrected chi connectivity index (χ3v) is 3.54. The van der Waals surface area contributed by atoms with Gasteiger partial charge in [-0.25, -0.2) is 4.98 Å². The van der Waals surface area contributed by atoms with E-state index in [1.165, 1.54) is 6.42 Å². The van der Waals surface area contributed by atoms with Gasteiger partial charge in [0.05, 0.1) is 29.0 Å². The highest BCUT2D eigenvalue weighted by Crippen LogP contribution is 2.30. The number of anilines is 2. The number of nitrogens with zero attached hydrogens (tertiary/aromatic N) is 2. The summed E-state index contributed by atoms with van der Waals surface area (Å²) in [4.78, 5) is 6.50. The van der Waals surface area contributed by atoms with Crippen molar-refractivity contribution < 1.29 is 5.11 Å². The van der Waals surface area contributed by atoms with Gasteiger partial charge in [-0.15, -0.1) is 0 Å². The lowest BCUT2D eigenvalue weighted by Crippen LogP contribution is -2.42. The van der Waals surface area contributed by atoms with Gasteiger partial charge in [0, 0.05) is 6.54 Å². The highest BCUT2D eigenvalue weighted by Gasteiger charge is 2.24. The average molecular weight is 286 g/mol. The number of aromatic nitrogens is 1. The smallest absolute Gasteiger partial charge is 0.143 e. The van der Waals surface area contributed by atoms with Crippen LogP contribution in [0.25, 0.3) is 0 Å². The quantitative estimate of drug-likeness (QED) is 0.870. The normalized spacial score (nSPS) is 21.1. The third kappa shape index (κ3) is 2.30. The minimum atomic E-state index is 0.179. The van der Waals surface area contributed by atoms with Crippen LogP contribution in [0, 0.1) is 0 Å². The summed E-state index contributed by atoms with van der Waals surface area (Å²) >= 11 is 3.47. The minimum Gasteiger partial charge on any atom is -0.397 e. The van der Waals surface area contributed by atoms with Gasteiger partial charge in [0.2, 0.25) is 0 Å². The average Bonchev–Trinajstić information content (AvgIpc) is 2.29. The van der Waals surface area contributed by atoms with Gasteiger partial charge in [0.25, 0.3) is 0 Å². The van der Waals surface area contributed by atoms with Crippen molar-refractivity contribution in [3.05, 3.63) is 16.7 Å². The fourth-order valence-corrected chi connectivity index (χ4v) is 2.72. The van der Waals surface area contributed by atoms with E-state index in [0.29, 0.717) is 5.69 Å². The molecule has 0 aromatic carbocycles. The monoisotopic (exact) mass is 285 g/mol. The number of piperidine rings is 1. The number of halogens is 1. The molecule has 16 heavy (non-hydrogen) atoms. The Morgan fingerprint density at radius 3 is 3.06 bits per heavy atom. The Hall–Kier alpha value is -0.810. The second kappa shape index (κ2) is 5.01. The highest BCUT2D eigenvalue weighted by molar-refractivity contribution is 9.10. The summed E-state index contributed by atoms with van der Waals surface area (Å²) in [6, 6.07) is 2.03. The van der Waals surface area contributed by atoms with E-state index in [2.05, 4.69) is 25.8 Å². The van der Waals surface area contributed by atoms with Crippen LogP contribution in [0.3, 0.4) is 0 Å². The Labute approximate surface area is 104 Å². The predicted octanol–water partition coefficient (Wildman–Crippen LogP) is 1.78. The second-order valence-corrected chi connectivity index (χ2v) is 4.95. The van der Waals surface area contributed by atoms with Crippen molar-refractivity contribution in [1.29, 1.82) is 0 Å². The molecular weight excluding hydrogens is 270 g/mol. The lowest BCUT2D eigenvalue weighted by atomic mass is 10.0. The molecule has 1 atom stereocenters. The van der Waals surface area contributed by atoms with Crippen LogP contribution in [0.15, 0.2) is 16.7 Å². The van der Waals surface area contributed by atoms with Crippen LogP contribution in [-0.2, 0) is 0 Å². The molecule has 1 aromatic rings. The van der Waals surface area contributed by atoms with E-state index in [1.54, 1.807) is 6.20 Å². The number of nitrogen functional groups attached to an aromatic ring is 1. The summed E-state index contributed by atoms with van der Waals surface area (Å²) < 4.78 is 0.896. The molecule has 3 N–H and O–H groups in total. The fourth-order valence-electron chi connectivity index (χ4n) is 2.13. The topological polar surface area (TPSA) is 62.4 Å². The summed E-state index contributed by atoms with van der Waals surface area (Å²) in [5, 5.41) is 9.36. The molecule has 1 fully saturated rings. The van der Waals surface area contributed by atoms with E-state index < -0.39 is 0 Å².